The van der Waals surface area contributed by atoms with Crippen LogP contribution in [0.1, 0.15) is 54.9 Å². The quantitative estimate of drug-likeness (QED) is 0.295. The fourth-order valence-electron chi connectivity index (χ4n) is 3.47. The van der Waals surface area contributed by atoms with Crippen LogP contribution in [0.3, 0.4) is 0 Å². The number of carbonyl (C=O) groups excluding carboxylic acids is 2. The molecule has 1 amide bonds. The average molecular weight is 424 g/mol. The van der Waals surface area contributed by atoms with Gasteiger partial charge in [0.25, 0.3) is 0 Å². The Bertz CT molecular complexity index is 918. The molecule has 1 fully saturated rings. The molecule has 1 N–H and O–H groups in total. The lowest BCUT2D eigenvalue weighted by molar-refractivity contribution is -0.125. The Morgan fingerprint density at radius 1 is 1.06 bits per heavy atom. The number of hydrogen-bond donors (Lipinski definition) is 1. The Balaban J connectivity index is 1.65. The van der Waals surface area contributed by atoms with Gasteiger partial charge in [-0.15, -0.1) is 0 Å². The number of esters is 1. The highest BCUT2D eigenvalue weighted by atomic mass is 16.6. The van der Waals surface area contributed by atoms with Gasteiger partial charge in [0.15, 0.2) is 11.5 Å². The predicted molar refractivity (Wildman–Crippen MR) is 118 cm³/mol. The van der Waals surface area contributed by atoms with Crippen LogP contribution in [0.25, 0.3) is 0 Å². The van der Waals surface area contributed by atoms with E-state index in [1.165, 1.54) is 6.42 Å². The van der Waals surface area contributed by atoms with Crippen molar-refractivity contribution in [3.05, 3.63) is 53.6 Å². The van der Waals surface area contributed by atoms with Crippen molar-refractivity contribution in [2.24, 2.45) is 11.0 Å². The predicted octanol–water partition coefficient (Wildman–Crippen LogP) is 4.34. The lowest BCUT2D eigenvalue weighted by Crippen LogP contribution is -2.28. The lowest BCUT2D eigenvalue weighted by Gasteiger charge is -2.19. The lowest BCUT2D eigenvalue weighted by atomic mass is 9.89. The van der Waals surface area contributed by atoms with E-state index in [9.17, 15) is 9.59 Å². The van der Waals surface area contributed by atoms with Crippen LogP contribution in [-0.2, 0) is 4.79 Å². The summed E-state index contributed by atoms with van der Waals surface area (Å²) in [7, 11) is 1.56. The number of nitrogens with one attached hydrogen (secondary N) is 1. The Morgan fingerprint density at radius 3 is 2.48 bits per heavy atom. The molecule has 0 saturated heterocycles. The van der Waals surface area contributed by atoms with Crippen LogP contribution in [0.2, 0.25) is 0 Å². The zero-order chi connectivity index (χ0) is 22.1. The molecule has 0 spiro atoms. The molecule has 3 rings (SSSR count). The molecular formula is C24H28N2O5. The van der Waals surface area contributed by atoms with E-state index in [-0.39, 0.29) is 11.8 Å². The minimum atomic E-state index is -0.496. The van der Waals surface area contributed by atoms with E-state index < -0.39 is 5.97 Å². The second-order valence-electron chi connectivity index (χ2n) is 7.33. The maximum absolute atomic E-state index is 12.5. The summed E-state index contributed by atoms with van der Waals surface area (Å²) in [5.74, 6) is 0.907. The van der Waals surface area contributed by atoms with Crippen molar-refractivity contribution in [1.29, 1.82) is 0 Å². The van der Waals surface area contributed by atoms with Gasteiger partial charge in [-0.05, 0) is 67.8 Å². The van der Waals surface area contributed by atoms with Gasteiger partial charge >= 0.3 is 5.97 Å². The van der Waals surface area contributed by atoms with E-state index in [1.54, 1.807) is 55.8 Å². The minimum Gasteiger partial charge on any atom is -0.497 e. The van der Waals surface area contributed by atoms with Gasteiger partial charge in [0.1, 0.15) is 5.75 Å². The maximum atomic E-state index is 12.5. The van der Waals surface area contributed by atoms with E-state index in [2.05, 4.69) is 10.5 Å². The van der Waals surface area contributed by atoms with Crippen molar-refractivity contribution in [3.63, 3.8) is 0 Å². The molecule has 164 valence electrons. The highest BCUT2D eigenvalue weighted by molar-refractivity contribution is 5.92. The Hall–Kier alpha value is -3.35. The summed E-state index contributed by atoms with van der Waals surface area (Å²) >= 11 is 0. The average Bonchev–Trinajstić information content (AvgIpc) is 2.81. The van der Waals surface area contributed by atoms with Crippen LogP contribution in [0, 0.1) is 5.92 Å². The molecule has 2 aromatic rings. The number of benzene rings is 2. The molecule has 7 heteroatoms. The van der Waals surface area contributed by atoms with Gasteiger partial charge in [0.05, 0.1) is 25.5 Å². The van der Waals surface area contributed by atoms with Crippen molar-refractivity contribution >= 4 is 18.1 Å². The van der Waals surface area contributed by atoms with Crippen molar-refractivity contribution in [3.8, 4) is 17.2 Å². The summed E-state index contributed by atoms with van der Waals surface area (Å²) in [4.78, 5) is 24.7. The van der Waals surface area contributed by atoms with Gasteiger partial charge in [0.2, 0.25) is 5.91 Å². The molecule has 31 heavy (non-hydrogen) atoms. The zero-order valence-electron chi connectivity index (χ0n) is 17.9. The summed E-state index contributed by atoms with van der Waals surface area (Å²) in [6, 6.07) is 11.8. The molecule has 7 nitrogen and oxygen atoms in total. The second-order valence-corrected chi connectivity index (χ2v) is 7.33. The van der Waals surface area contributed by atoms with Crippen molar-refractivity contribution < 1.29 is 23.8 Å². The number of rotatable bonds is 8. The first-order valence-electron chi connectivity index (χ1n) is 10.6. The standard InChI is InChI=1S/C24H28N2O5/c1-3-30-22-15-17(16-25-26-23(27)18-7-5-4-6-8-18)9-14-21(22)31-24(28)19-10-12-20(29-2)13-11-19/h9-16,18H,3-8H2,1-2H3,(H,26,27)/b25-16-. The molecule has 1 saturated carbocycles. The van der Waals surface area contributed by atoms with Gasteiger partial charge in [-0.25, -0.2) is 10.2 Å². The highest BCUT2D eigenvalue weighted by Gasteiger charge is 2.20. The number of nitrogens with zero attached hydrogens (tertiary/aromatic N) is 1. The molecule has 0 unspecified atom stereocenters. The van der Waals surface area contributed by atoms with E-state index in [0.717, 1.165) is 31.2 Å². The van der Waals surface area contributed by atoms with Gasteiger partial charge in [-0.2, -0.15) is 5.10 Å². The summed E-state index contributed by atoms with van der Waals surface area (Å²) in [6.45, 7) is 2.26. The molecule has 0 heterocycles. The van der Waals surface area contributed by atoms with Gasteiger partial charge in [-0.3, -0.25) is 4.79 Å². The van der Waals surface area contributed by atoms with Gasteiger partial charge in [-0.1, -0.05) is 19.3 Å². The molecule has 0 radical (unpaired) electrons. The third-order valence-electron chi connectivity index (χ3n) is 5.16. The molecule has 0 aromatic heterocycles. The van der Waals surface area contributed by atoms with E-state index >= 15 is 0 Å². The fraction of sp³-hybridized carbons (Fsp3) is 0.375. The number of hydrazone groups is 1. The first-order valence-corrected chi connectivity index (χ1v) is 10.6. The fourth-order valence-corrected chi connectivity index (χ4v) is 3.47. The largest absolute Gasteiger partial charge is 0.497 e. The molecule has 2 aromatic carbocycles. The van der Waals surface area contributed by atoms with Crippen LogP contribution in [0.5, 0.6) is 17.2 Å². The third-order valence-corrected chi connectivity index (χ3v) is 5.16. The molecular weight excluding hydrogens is 396 g/mol. The van der Waals surface area contributed by atoms with Crippen LogP contribution in [-0.4, -0.2) is 31.8 Å². The van der Waals surface area contributed by atoms with Crippen LogP contribution in [0.4, 0.5) is 0 Å². The topological polar surface area (TPSA) is 86.2 Å². The van der Waals surface area contributed by atoms with E-state index in [4.69, 9.17) is 14.2 Å². The number of amides is 1. The van der Waals surface area contributed by atoms with Crippen molar-refractivity contribution in [2.45, 2.75) is 39.0 Å². The van der Waals surface area contributed by atoms with Gasteiger partial charge in [0, 0.05) is 5.92 Å². The van der Waals surface area contributed by atoms with Crippen LogP contribution < -0.4 is 19.6 Å². The molecule has 0 atom stereocenters. The first kappa shape index (κ1) is 22.3. The Morgan fingerprint density at radius 2 is 1.81 bits per heavy atom. The monoisotopic (exact) mass is 424 g/mol. The smallest absolute Gasteiger partial charge is 0.343 e. The molecule has 0 bridgehead atoms. The Labute approximate surface area is 182 Å². The summed E-state index contributed by atoms with van der Waals surface area (Å²) < 4.78 is 16.2. The maximum Gasteiger partial charge on any atom is 0.343 e. The second kappa shape index (κ2) is 11.2. The highest BCUT2D eigenvalue weighted by Crippen LogP contribution is 2.29. The molecule has 1 aliphatic rings. The van der Waals surface area contributed by atoms with E-state index in [1.807, 2.05) is 6.92 Å². The number of carbonyl (C=O) groups is 2. The molecule has 0 aliphatic heterocycles. The first-order chi connectivity index (χ1) is 15.1. The number of ether oxygens (including phenoxy) is 3. The van der Waals surface area contributed by atoms with Crippen LogP contribution >= 0.6 is 0 Å². The summed E-state index contributed by atoms with van der Waals surface area (Å²) in [6.07, 6.45) is 6.78. The summed E-state index contributed by atoms with van der Waals surface area (Å²) in [5, 5.41) is 4.07. The Kier molecular flexibility index (Phi) is 8.04. The third kappa shape index (κ3) is 6.31. The SMILES string of the molecule is CCOc1cc(/C=N\NC(=O)C2CCCCC2)ccc1OC(=O)c1ccc(OC)cc1. The van der Waals surface area contributed by atoms with Crippen molar-refractivity contribution in [2.75, 3.05) is 13.7 Å². The summed E-state index contributed by atoms with van der Waals surface area (Å²) in [5.41, 5.74) is 3.75. The molecule has 1 aliphatic carbocycles. The number of hydrogen-bond acceptors (Lipinski definition) is 6. The van der Waals surface area contributed by atoms with Gasteiger partial charge < -0.3 is 14.2 Å². The van der Waals surface area contributed by atoms with E-state index in [0.29, 0.717) is 29.4 Å². The van der Waals surface area contributed by atoms with Crippen molar-refractivity contribution in [1.82, 2.24) is 5.43 Å². The van der Waals surface area contributed by atoms with Crippen LogP contribution in [0.15, 0.2) is 47.6 Å². The normalized spacial score (nSPS) is 14.3. The number of methoxy groups -OCH3 is 1. The minimum absolute atomic E-state index is 0.0361. The zero-order valence-corrected chi connectivity index (χ0v) is 17.9.